The molecule has 0 radical (unpaired) electrons. The summed E-state index contributed by atoms with van der Waals surface area (Å²) in [7, 11) is 0. The number of hydrogen-bond donors (Lipinski definition) is 0. The highest BCUT2D eigenvalue weighted by molar-refractivity contribution is 8.00. The van der Waals surface area contributed by atoms with Crippen LogP contribution < -0.4 is 4.90 Å². The number of benzene rings is 1. The average molecular weight is 437 g/mol. The second-order valence-corrected chi connectivity index (χ2v) is 11.1. The molecule has 3 aliphatic rings. The van der Waals surface area contributed by atoms with Crippen LogP contribution in [0.1, 0.15) is 81.0 Å². The second kappa shape index (κ2) is 7.12. The standard InChI is InChI=1S/C24H28N4O2S/c1-14(20(30)15-7-9-16(10-8-15)28-13-5-6-18(28)29)31-22-25-21-19(26-27-22)17-11-12-24(21,4)23(17,2)3/h7-10,14,17H,5-6,11-13H2,1-4H3/t14-,17+,24+/m0/s1. The fourth-order valence-electron chi connectivity index (χ4n) is 5.59. The Morgan fingerprint density at radius 3 is 2.61 bits per heavy atom. The summed E-state index contributed by atoms with van der Waals surface area (Å²) in [5, 5.41) is 9.16. The summed E-state index contributed by atoms with van der Waals surface area (Å²) in [6.45, 7) is 9.55. The zero-order valence-electron chi connectivity index (χ0n) is 18.5. The fraction of sp³-hybridized carbons (Fsp3) is 0.542. The molecule has 1 amide bonds. The van der Waals surface area contributed by atoms with Gasteiger partial charge in [-0.3, -0.25) is 9.59 Å². The maximum absolute atomic E-state index is 13.0. The molecule has 1 aliphatic heterocycles. The Morgan fingerprint density at radius 2 is 1.94 bits per heavy atom. The monoisotopic (exact) mass is 436 g/mol. The van der Waals surface area contributed by atoms with Gasteiger partial charge in [-0.1, -0.05) is 32.5 Å². The molecule has 162 valence electrons. The van der Waals surface area contributed by atoms with Crippen molar-refractivity contribution in [3.8, 4) is 0 Å². The first kappa shape index (κ1) is 20.6. The summed E-state index contributed by atoms with van der Waals surface area (Å²) >= 11 is 1.37. The highest BCUT2D eigenvalue weighted by Gasteiger charge is 2.61. The van der Waals surface area contributed by atoms with Crippen LogP contribution >= 0.6 is 11.8 Å². The van der Waals surface area contributed by atoms with E-state index in [-0.39, 0.29) is 27.8 Å². The van der Waals surface area contributed by atoms with E-state index in [0.29, 0.717) is 23.1 Å². The second-order valence-electron chi connectivity index (χ2n) is 9.79. The minimum absolute atomic E-state index is 0.0222. The third-order valence-corrected chi connectivity index (χ3v) is 8.91. The minimum atomic E-state index is -0.321. The van der Waals surface area contributed by atoms with E-state index < -0.39 is 0 Å². The van der Waals surface area contributed by atoms with Crippen molar-refractivity contribution in [1.82, 2.24) is 15.2 Å². The number of nitrogens with zero attached hydrogens (tertiary/aromatic N) is 4. The Morgan fingerprint density at radius 1 is 1.19 bits per heavy atom. The lowest BCUT2D eigenvalue weighted by Gasteiger charge is -2.34. The highest BCUT2D eigenvalue weighted by atomic mass is 32.2. The lowest BCUT2D eigenvalue weighted by molar-refractivity contribution is -0.117. The van der Waals surface area contributed by atoms with E-state index in [1.165, 1.54) is 11.8 Å². The van der Waals surface area contributed by atoms with Crippen LogP contribution in [0.25, 0.3) is 0 Å². The van der Waals surface area contributed by atoms with Crippen molar-refractivity contribution in [3.63, 3.8) is 0 Å². The molecule has 2 heterocycles. The molecule has 1 aromatic carbocycles. The summed E-state index contributed by atoms with van der Waals surface area (Å²) in [5.41, 5.74) is 3.78. The van der Waals surface area contributed by atoms with Gasteiger partial charge in [0.1, 0.15) is 0 Å². The average Bonchev–Trinajstić information content (AvgIpc) is 3.33. The molecule has 0 spiro atoms. The summed E-state index contributed by atoms with van der Waals surface area (Å²) < 4.78 is 0. The Balaban J connectivity index is 1.32. The molecule has 31 heavy (non-hydrogen) atoms. The number of Topliss-reactive ketones (excluding diaryl/α,β-unsaturated/α-hetero) is 1. The molecule has 1 saturated heterocycles. The predicted octanol–water partition coefficient (Wildman–Crippen LogP) is 4.54. The maximum atomic E-state index is 13.0. The van der Waals surface area contributed by atoms with Gasteiger partial charge in [0.25, 0.3) is 0 Å². The van der Waals surface area contributed by atoms with E-state index in [4.69, 9.17) is 4.98 Å². The molecule has 6 nitrogen and oxygen atoms in total. The van der Waals surface area contributed by atoms with Crippen LogP contribution in [0, 0.1) is 5.41 Å². The Bertz CT molecular complexity index is 1070. The third-order valence-electron chi connectivity index (χ3n) is 7.96. The molecular weight excluding hydrogens is 408 g/mol. The van der Waals surface area contributed by atoms with Crippen LogP contribution in [0.3, 0.4) is 0 Å². The number of carbonyl (C=O) groups excluding carboxylic acids is 2. The number of anilines is 1. The van der Waals surface area contributed by atoms with E-state index in [0.717, 1.165) is 42.9 Å². The Hall–Kier alpha value is -2.28. The molecule has 7 heteroatoms. The van der Waals surface area contributed by atoms with Crippen molar-refractivity contribution >= 4 is 29.1 Å². The minimum Gasteiger partial charge on any atom is -0.312 e. The number of ketones is 1. The molecule has 2 bridgehead atoms. The molecule has 2 fully saturated rings. The van der Waals surface area contributed by atoms with Crippen molar-refractivity contribution < 1.29 is 9.59 Å². The molecule has 0 N–H and O–H groups in total. The first-order chi connectivity index (χ1) is 14.7. The molecule has 2 aromatic rings. The molecule has 1 saturated carbocycles. The van der Waals surface area contributed by atoms with Gasteiger partial charge in [-0.15, -0.1) is 5.10 Å². The normalized spacial score (nSPS) is 26.9. The summed E-state index contributed by atoms with van der Waals surface area (Å²) in [6, 6.07) is 7.34. The molecular formula is C24H28N4O2S. The van der Waals surface area contributed by atoms with Gasteiger partial charge in [0.05, 0.1) is 16.6 Å². The van der Waals surface area contributed by atoms with E-state index >= 15 is 0 Å². The van der Waals surface area contributed by atoms with Crippen LogP contribution in [-0.4, -0.2) is 38.7 Å². The lowest BCUT2D eigenvalue weighted by atomic mass is 9.70. The van der Waals surface area contributed by atoms with Gasteiger partial charge in [-0.05, 0) is 55.9 Å². The van der Waals surface area contributed by atoms with Gasteiger partial charge in [0, 0.05) is 35.5 Å². The summed E-state index contributed by atoms with van der Waals surface area (Å²) in [6.07, 6.45) is 3.76. The molecule has 0 unspecified atom stereocenters. The zero-order valence-corrected chi connectivity index (χ0v) is 19.3. The van der Waals surface area contributed by atoms with Crippen LogP contribution in [0.2, 0.25) is 0 Å². The third kappa shape index (κ3) is 3.04. The Labute approximate surface area is 187 Å². The number of amides is 1. The van der Waals surface area contributed by atoms with Gasteiger partial charge in [-0.25, -0.2) is 4.98 Å². The SMILES string of the molecule is C[C@H](Sc1nnc2c(n1)[C@@]1(C)CC[C@H]2C1(C)C)C(=O)c1ccc(N2CCCC2=O)cc1. The first-order valence-corrected chi connectivity index (χ1v) is 12.0. The number of hydrogen-bond acceptors (Lipinski definition) is 6. The Kier molecular flexibility index (Phi) is 4.73. The maximum Gasteiger partial charge on any atom is 0.227 e. The van der Waals surface area contributed by atoms with E-state index in [1.54, 1.807) is 4.90 Å². The van der Waals surface area contributed by atoms with Gasteiger partial charge < -0.3 is 4.90 Å². The van der Waals surface area contributed by atoms with Crippen molar-refractivity contribution in [3.05, 3.63) is 41.2 Å². The van der Waals surface area contributed by atoms with Gasteiger partial charge in [0.15, 0.2) is 5.78 Å². The highest BCUT2D eigenvalue weighted by Crippen LogP contribution is 2.66. The fourth-order valence-corrected chi connectivity index (χ4v) is 6.38. The number of carbonyl (C=O) groups is 2. The number of thioether (sulfide) groups is 1. The molecule has 5 rings (SSSR count). The lowest BCUT2D eigenvalue weighted by Crippen LogP contribution is -2.32. The van der Waals surface area contributed by atoms with Crippen molar-refractivity contribution in [2.75, 3.05) is 11.4 Å². The summed E-state index contributed by atoms with van der Waals surface area (Å²) in [5.74, 6) is 0.600. The molecule has 3 atom stereocenters. The molecule has 1 aromatic heterocycles. The van der Waals surface area contributed by atoms with Gasteiger partial charge in [0.2, 0.25) is 11.1 Å². The van der Waals surface area contributed by atoms with Crippen molar-refractivity contribution in [2.24, 2.45) is 5.41 Å². The largest absolute Gasteiger partial charge is 0.312 e. The number of fused-ring (bicyclic) bond motifs is 5. The summed E-state index contributed by atoms with van der Waals surface area (Å²) in [4.78, 5) is 31.6. The topological polar surface area (TPSA) is 76.1 Å². The van der Waals surface area contributed by atoms with Crippen LogP contribution in [0.15, 0.2) is 29.4 Å². The first-order valence-electron chi connectivity index (χ1n) is 11.1. The van der Waals surface area contributed by atoms with E-state index in [9.17, 15) is 9.59 Å². The quantitative estimate of drug-likeness (QED) is 0.506. The van der Waals surface area contributed by atoms with Crippen LogP contribution in [0.5, 0.6) is 0 Å². The van der Waals surface area contributed by atoms with E-state index in [2.05, 4.69) is 31.0 Å². The van der Waals surface area contributed by atoms with Crippen molar-refractivity contribution in [2.45, 2.75) is 75.1 Å². The van der Waals surface area contributed by atoms with Crippen molar-refractivity contribution in [1.29, 1.82) is 0 Å². The number of rotatable bonds is 5. The smallest absolute Gasteiger partial charge is 0.227 e. The van der Waals surface area contributed by atoms with Gasteiger partial charge >= 0.3 is 0 Å². The van der Waals surface area contributed by atoms with Crippen LogP contribution in [0.4, 0.5) is 5.69 Å². The van der Waals surface area contributed by atoms with Crippen LogP contribution in [-0.2, 0) is 10.2 Å². The van der Waals surface area contributed by atoms with Gasteiger partial charge in [-0.2, -0.15) is 5.10 Å². The predicted molar refractivity (Wildman–Crippen MR) is 121 cm³/mol. The van der Waals surface area contributed by atoms with E-state index in [1.807, 2.05) is 31.2 Å². The molecule has 2 aliphatic carbocycles. The zero-order chi connectivity index (χ0) is 22.0. The number of aromatic nitrogens is 3.